The molecular weight excluding hydrogens is 234 g/mol. The Kier molecular flexibility index (Phi) is 3.89. The standard InChI is InChI=1S/C14H12ClNO/c15-13-6-2-1-5-12(13)14(17)8-7-11-4-3-9-16-10-11/h1-6,9-10H,7-8H2. The maximum atomic E-state index is 11.9. The molecule has 0 N–H and O–H groups in total. The second kappa shape index (κ2) is 5.60. The van der Waals surface area contributed by atoms with Crippen LogP contribution in [0.4, 0.5) is 0 Å². The molecule has 0 radical (unpaired) electrons. The molecule has 2 rings (SSSR count). The zero-order chi connectivity index (χ0) is 12.1. The van der Waals surface area contributed by atoms with Gasteiger partial charge in [0.25, 0.3) is 0 Å². The van der Waals surface area contributed by atoms with Crippen LogP contribution in [0.15, 0.2) is 48.8 Å². The van der Waals surface area contributed by atoms with Crippen molar-refractivity contribution in [3.05, 3.63) is 64.9 Å². The van der Waals surface area contributed by atoms with Gasteiger partial charge in [-0.3, -0.25) is 9.78 Å². The maximum Gasteiger partial charge on any atom is 0.164 e. The minimum absolute atomic E-state index is 0.0689. The first-order chi connectivity index (χ1) is 8.27. The minimum Gasteiger partial charge on any atom is -0.294 e. The number of aromatic nitrogens is 1. The smallest absolute Gasteiger partial charge is 0.164 e. The largest absolute Gasteiger partial charge is 0.294 e. The van der Waals surface area contributed by atoms with Crippen LogP contribution in [0.3, 0.4) is 0 Å². The van der Waals surface area contributed by atoms with Gasteiger partial charge in [-0.05, 0) is 30.2 Å². The molecule has 0 fully saturated rings. The van der Waals surface area contributed by atoms with Crippen LogP contribution in [0, 0.1) is 0 Å². The van der Waals surface area contributed by atoms with Crippen LogP contribution in [-0.2, 0) is 6.42 Å². The van der Waals surface area contributed by atoms with Crippen LogP contribution >= 0.6 is 11.6 Å². The highest BCUT2D eigenvalue weighted by Gasteiger charge is 2.09. The Morgan fingerprint density at radius 1 is 1.18 bits per heavy atom. The Bertz CT molecular complexity index is 511. The first kappa shape index (κ1) is 11.8. The monoisotopic (exact) mass is 245 g/mol. The molecule has 0 aliphatic carbocycles. The van der Waals surface area contributed by atoms with Gasteiger partial charge < -0.3 is 0 Å². The normalized spacial score (nSPS) is 10.2. The van der Waals surface area contributed by atoms with Gasteiger partial charge in [-0.2, -0.15) is 0 Å². The van der Waals surface area contributed by atoms with Crippen LogP contribution in [0.2, 0.25) is 5.02 Å². The fourth-order valence-electron chi connectivity index (χ4n) is 1.63. The van der Waals surface area contributed by atoms with Gasteiger partial charge in [0.05, 0.1) is 5.02 Å². The molecule has 0 amide bonds. The molecule has 0 unspecified atom stereocenters. The van der Waals surface area contributed by atoms with Gasteiger partial charge in [-0.15, -0.1) is 0 Å². The van der Waals surface area contributed by atoms with Crippen LogP contribution in [-0.4, -0.2) is 10.8 Å². The van der Waals surface area contributed by atoms with Crippen LogP contribution in [0.1, 0.15) is 22.3 Å². The lowest BCUT2D eigenvalue weighted by Crippen LogP contribution is -2.02. The minimum atomic E-state index is 0.0689. The van der Waals surface area contributed by atoms with Gasteiger partial charge in [0.15, 0.2) is 5.78 Å². The molecule has 0 saturated carbocycles. The number of nitrogens with zero attached hydrogens (tertiary/aromatic N) is 1. The number of hydrogen-bond acceptors (Lipinski definition) is 2. The highest BCUT2D eigenvalue weighted by atomic mass is 35.5. The van der Waals surface area contributed by atoms with Gasteiger partial charge in [-0.25, -0.2) is 0 Å². The van der Waals surface area contributed by atoms with Crippen molar-refractivity contribution in [2.45, 2.75) is 12.8 Å². The fraction of sp³-hybridized carbons (Fsp3) is 0.143. The summed E-state index contributed by atoms with van der Waals surface area (Å²) >= 11 is 5.97. The molecule has 1 heterocycles. The number of aryl methyl sites for hydroxylation is 1. The molecule has 0 saturated heterocycles. The number of rotatable bonds is 4. The molecule has 3 heteroatoms. The molecule has 0 spiro atoms. The molecule has 0 bridgehead atoms. The van der Waals surface area contributed by atoms with Crippen molar-refractivity contribution in [2.75, 3.05) is 0 Å². The molecule has 1 aromatic heterocycles. The summed E-state index contributed by atoms with van der Waals surface area (Å²) in [5.41, 5.74) is 1.66. The van der Waals surface area contributed by atoms with Crippen LogP contribution in [0.5, 0.6) is 0 Å². The lowest BCUT2D eigenvalue weighted by molar-refractivity contribution is 0.0983. The molecule has 2 aromatic rings. The molecule has 17 heavy (non-hydrogen) atoms. The van der Waals surface area contributed by atoms with E-state index in [9.17, 15) is 4.79 Å². The maximum absolute atomic E-state index is 11.9. The second-order valence-electron chi connectivity index (χ2n) is 3.76. The lowest BCUT2D eigenvalue weighted by atomic mass is 10.0. The van der Waals surface area contributed by atoms with Gasteiger partial charge in [0, 0.05) is 24.4 Å². The summed E-state index contributed by atoms with van der Waals surface area (Å²) in [4.78, 5) is 15.9. The predicted octanol–water partition coefficient (Wildman–Crippen LogP) is 3.55. The average molecular weight is 246 g/mol. The van der Waals surface area contributed by atoms with Crippen molar-refractivity contribution in [1.29, 1.82) is 0 Å². The zero-order valence-electron chi connectivity index (χ0n) is 9.27. The van der Waals surface area contributed by atoms with Crippen molar-refractivity contribution in [3.63, 3.8) is 0 Å². The summed E-state index contributed by atoms with van der Waals surface area (Å²) in [6.07, 6.45) is 4.65. The van der Waals surface area contributed by atoms with Crippen LogP contribution < -0.4 is 0 Å². The first-order valence-corrected chi connectivity index (χ1v) is 5.82. The third-order valence-electron chi connectivity index (χ3n) is 2.54. The second-order valence-corrected chi connectivity index (χ2v) is 4.17. The number of benzene rings is 1. The summed E-state index contributed by atoms with van der Waals surface area (Å²) in [5.74, 6) is 0.0689. The molecule has 0 aliphatic rings. The third kappa shape index (κ3) is 3.14. The van der Waals surface area contributed by atoms with Crippen molar-refractivity contribution in [3.8, 4) is 0 Å². The Labute approximate surface area is 105 Å². The Balaban J connectivity index is 2.01. The SMILES string of the molecule is O=C(CCc1cccnc1)c1ccccc1Cl. The van der Waals surface area contributed by atoms with E-state index in [0.29, 0.717) is 23.4 Å². The summed E-state index contributed by atoms with van der Waals surface area (Å²) in [7, 11) is 0. The van der Waals surface area contributed by atoms with Gasteiger partial charge >= 0.3 is 0 Å². The van der Waals surface area contributed by atoms with E-state index in [2.05, 4.69) is 4.98 Å². The highest BCUT2D eigenvalue weighted by molar-refractivity contribution is 6.33. The summed E-state index contributed by atoms with van der Waals surface area (Å²) in [5, 5.41) is 0.517. The number of ketones is 1. The molecular formula is C14H12ClNO. The molecule has 1 aromatic carbocycles. The van der Waals surface area contributed by atoms with Crippen molar-refractivity contribution in [1.82, 2.24) is 4.98 Å². The quantitative estimate of drug-likeness (QED) is 0.771. The van der Waals surface area contributed by atoms with E-state index in [1.54, 1.807) is 24.5 Å². The molecule has 2 nitrogen and oxygen atoms in total. The Morgan fingerprint density at radius 3 is 2.71 bits per heavy atom. The number of pyridine rings is 1. The molecule has 86 valence electrons. The van der Waals surface area contributed by atoms with E-state index in [1.807, 2.05) is 24.3 Å². The lowest BCUT2D eigenvalue weighted by Gasteiger charge is -2.03. The Morgan fingerprint density at radius 2 is 2.00 bits per heavy atom. The number of Topliss-reactive ketones (excluding diaryl/α,β-unsaturated/α-hetero) is 1. The number of carbonyl (C=O) groups excluding carboxylic acids is 1. The zero-order valence-corrected chi connectivity index (χ0v) is 10.0. The van der Waals surface area contributed by atoms with Gasteiger partial charge in [0.1, 0.15) is 0 Å². The summed E-state index contributed by atoms with van der Waals surface area (Å²) in [6.45, 7) is 0. The number of carbonyl (C=O) groups is 1. The number of halogens is 1. The van der Waals surface area contributed by atoms with E-state index in [-0.39, 0.29) is 5.78 Å². The average Bonchev–Trinajstić information content (AvgIpc) is 2.38. The first-order valence-electron chi connectivity index (χ1n) is 5.44. The van der Waals surface area contributed by atoms with E-state index in [1.165, 1.54) is 0 Å². The predicted molar refractivity (Wildman–Crippen MR) is 68.3 cm³/mol. The highest BCUT2D eigenvalue weighted by Crippen LogP contribution is 2.17. The topological polar surface area (TPSA) is 30.0 Å². The van der Waals surface area contributed by atoms with Gasteiger partial charge in [-0.1, -0.05) is 29.8 Å². The van der Waals surface area contributed by atoms with E-state index < -0.39 is 0 Å². The Hall–Kier alpha value is -1.67. The summed E-state index contributed by atoms with van der Waals surface area (Å²) < 4.78 is 0. The van der Waals surface area contributed by atoms with E-state index in [0.717, 1.165) is 5.56 Å². The van der Waals surface area contributed by atoms with Crippen molar-refractivity contribution < 1.29 is 4.79 Å². The molecule has 0 atom stereocenters. The van der Waals surface area contributed by atoms with E-state index in [4.69, 9.17) is 11.6 Å². The van der Waals surface area contributed by atoms with Gasteiger partial charge in [0.2, 0.25) is 0 Å². The van der Waals surface area contributed by atoms with E-state index >= 15 is 0 Å². The third-order valence-corrected chi connectivity index (χ3v) is 2.87. The summed E-state index contributed by atoms with van der Waals surface area (Å²) in [6, 6.07) is 11.0. The van der Waals surface area contributed by atoms with Crippen molar-refractivity contribution >= 4 is 17.4 Å². The van der Waals surface area contributed by atoms with Crippen LogP contribution in [0.25, 0.3) is 0 Å². The number of hydrogen-bond donors (Lipinski definition) is 0. The van der Waals surface area contributed by atoms with Crippen molar-refractivity contribution in [2.24, 2.45) is 0 Å². The fourth-order valence-corrected chi connectivity index (χ4v) is 1.87. The molecule has 0 aliphatic heterocycles.